The number of aromatic amines is 1. The monoisotopic (exact) mass is 423 g/mol. The second kappa shape index (κ2) is 7.69. The maximum Gasteiger partial charge on any atom is 0.273 e. The van der Waals surface area contributed by atoms with Gasteiger partial charge in [-0.05, 0) is 24.1 Å². The van der Waals surface area contributed by atoms with E-state index in [-0.39, 0.29) is 11.9 Å². The van der Waals surface area contributed by atoms with Crippen molar-refractivity contribution in [3.05, 3.63) is 75.9 Å². The first-order valence-electron chi connectivity index (χ1n) is 9.40. The second-order valence-electron chi connectivity index (χ2n) is 6.89. The molecule has 0 radical (unpaired) electrons. The molecule has 1 N–H and O–H groups in total. The van der Waals surface area contributed by atoms with Gasteiger partial charge in [-0.1, -0.05) is 78.2 Å². The lowest BCUT2D eigenvalue weighted by Crippen LogP contribution is -2.30. The summed E-state index contributed by atoms with van der Waals surface area (Å²) < 4.78 is 1.01. The SMILES string of the molecule is CCCCCN1C(=O)c2[nH]nc(-c3ccccc3)c2C1c1cccc(Br)c1. The molecule has 27 heavy (non-hydrogen) atoms. The van der Waals surface area contributed by atoms with Gasteiger partial charge in [0.25, 0.3) is 5.91 Å². The van der Waals surface area contributed by atoms with Crippen LogP contribution in [-0.2, 0) is 0 Å². The lowest BCUT2D eigenvalue weighted by atomic mass is 9.96. The number of fused-ring (bicyclic) bond motifs is 1. The predicted octanol–water partition coefficient (Wildman–Crippen LogP) is 5.57. The number of carbonyl (C=O) groups excluding carboxylic acids is 1. The van der Waals surface area contributed by atoms with Crippen molar-refractivity contribution >= 4 is 21.8 Å². The van der Waals surface area contributed by atoms with Crippen LogP contribution in [0.2, 0.25) is 0 Å². The quantitative estimate of drug-likeness (QED) is 0.526. The van der Waals surface area contributed by atoms with Crippen LogP contribution in [0.25, 0.3) is 11.3 Å². The molecule has 1 atom stereocenters. The fraction of sp³-hybridized carbons (Fsp3) is 0.273. The summed E-state index contributed by atoms with van der Waals surface area (Å²) in [6, 6.07) is 18.2. The zero-order valence-corrected chi connectivity index (χ0v) is 16.9. The van der Waals surface area contributed by atoms with Gasteiger partial charge in [0, 0.05) is 22.1 Å². The molecule has 2 heterocycles. The summed E-state index contributed by atoms with van der Waals surface area (Å²) in [7, 11) is 0. The van der Waals surface area contributed by atoms with Crippen molar-refractivity contribution < 1.29 is 4.79 Å². The molecule has 0 aliphatic carbocycles. The number of benzene rings is 2. The van der Waals surface area contributed by atoms with Crippen LogP contribution in [-0.4, -0.2) is 27.5 Å². The molecule has 2 aromatic carbocycles. The molecule has 0 saturated heterocycles. The predicted molar refractivity (Wildman–Crippen MR) is 111 cm³/mol. The Hall–Kier alpha value is -2.40. The van der Waals surface area contributed by atoms with Crippen LogP contribution in [0.3, 0.4) is 0 Å². The van der Waals surface area contributed by atoms with E-state index in [1.165, 1.54) is 0 Å². The molecule has 0 fully saturated rings. The number of unbranched alkanes of at least 4 members (excludes halogenated alkanes) is 2. The standard InChI is InChI=1S/C22H22BrN3O/c1-2-3-7-13-26-21(16-11-8-12-17(23)14-16)18-19(15-9-5-4-6-10-15)24-25-20(18)22(26)27/h4-6,8-12,14,21H,2-3,7,13H2,1H3,(H,24,25). The Bertz CT molecular complexity index is 951. The Labute approximate surface area is 167 Å². The topological polar surface area (TPSA) is 49.0 Å². The molecule has 1 aromatic heterocycles. The Balaban J connectivity index is 1.82. The van der Waals surface area contributed by atoms with E-state index < -0.39 is 0 Å². The minimum atomic E-state index is -0.115. The normalized spacial score (nSPS) is 16.0. The molecule has 0 saturated carbocycles. The maximum absolute atomic E-state index is 13.1. The first-order chi connectivity index (χ1) is 13.2. The fourth-order valence-electron chi connectivity index (χ4n) is 3.80. The molecular weight excluding hydrogens is 402 g/mol. The number of nitrogens with zero attached hydrogens (tertiary/aromatic N) is 2. The van der Waals surface area contributed by atoms with Crippen molar-refractivity contribution in [3.63, 3.8) is 0 Å². The largest absolute Gasteiger partial charge is 0.326 e. The molecule has 138 valence electrons. The summed E-state index contributed by atoms with van der Waals surface area (Å²) in [5.74, 6) is 0.0424. The van der Waals surface area contributed by atoms with Gasteiger partial charge in [-0.25, -0.2) is 0 Å². The number of amides is 1. The van der Waals surface area contributed by atoms with Crippen LogP contribution in [0.5, 0.6) is 0 Å². The highest BCUT2D eigenvalue weighted by atomic mass is 79.9. The molecule has 3 aromatic rings. The van der Waals surface area contributed by atoms with Gasteiger partial charge in [0.1, 0.15) is 5.69 Å². The van der Waals surface area contributed by atoms with Gasteiger partial charge in [-0.2, -0.15) is 5.10 Å². The van der Waals surface area contributed by atoms with Gasteiger partial charge in [0.05, 0.1) is 11.7 Å². The summed E-state index contributed by atoms with van der Waals surface area (Å²) in [5, 5.41) is 7.52. The van der Waals surface area contributed by atoms with Crippen LogP contribution >= 0.6 is 15.9 Å². The molecule has 1 unspecified atom stereocenters. The van der Waals surface area contributed by atoms with Gasteiger partial charge in [-0.15, -0.1) is 0 Å². The zero-order chi connectivity index (χ0) is 18.8. The first-order valence-corrected chi connectivity index (χ1v) is 10.2. The fourth-order valence-corrected chi connectivity index (χ4v) is 4.22. The molecule has 5 heteroatoms. The maximum atomic E-state index is 13.1. The van der Waals surface area contributed by atoms with E-state index in [2.05, 4.69) is 45.2 Å². The number of rotatable bonds is 6. The van der Waals surface area contributed by atoms with E-state index in [9.17, 15) is 4.79 Å². The van der Waals surface area contributed by atoms with E-state index in [4.69, 9.17) is 0 Å². The van der Waals surface area contributed by atoms with E-state index in [0.29, 0.717) is 5.69 Å². The third-order valence-corrected chi connectivity index (χ3v) is 5.57. The molecule has 1 amide bonds. The highest BCUT2D eigenvalue weighted by Crippen LogP contribution is 2.43. The van der Waals surface area contributed by atoms with E-state index >= 15 is 0 Å². The summed E-state index contributed by atoms with van der Waals surface area (Å²) >= 11 is 3.58. The highest BCUT2D eigenvalue weighted by molar-refractivity contribution is 9.10. The van der Waals surface area contributed by atoms with E-state index in [1.807, 2.05) is 47.4 Å². The minimum absolute atomic E-state index is 0.0424. The minimum Gasteiger partial charge on any atom is -0.326 e. The Morgan fingerprint density at radius 1 is 1.11 bits per heavy atom. The lowest BCUT2D eigenvalue weighted by molar-refractivity contribution is 0.0740. The first kappa shape index (κ1) is 18.0. The van der Waals surface area contributed by atoms with Gasteiger partial charge < -0.3 is 4.90 Å². The highest BCUT2D eigenvalue weighted by Gasteiger charge is 2.41. The number of halogens is 1. The summed E-state index contributed by atoms with van der Waals surface area (Å²) in [6.07, 6.45) is 3.25. The van der Waals surface area contributed by atoms with Gasteiger partial charge in [0.15, 0.2) is 0 Å². The average Bonchev–Trinajstić information content (AvgIpc) is 3.22. The molecular formula is C22H22BrN3O. The van der Waals surface area contributed by atoms with Crippen molar-refractivity contribution in [2.45, 2.75) is 32.2 Å². The molecule has 1 aliphatic heterocycles. The number of carbonyl (C=O) groups is 1. The van der Waals surface area contributed by atoms with Gasteiger partial charge in [0.2, 0.25) is 0 Å². The molecule has 4 nitrogen and oxygen atoms in total. The Morgan fingerprint density at radius 2 is 1.93 bits per heavy atom. The number of hydrogen-bond acceptors (Lipinski definition) is 2. The third kappa shape index (κ3) is 3.32. The van der Waals surface area contributed by atoms with Gasteiger partial charge >= 0.3 is 0 Å². The molecule has 4 rings (SSSR count). The average molecular weight is 424 g/mol. The van der Waals surface area contributed by atoms with Crippen LogP contribution < -0.4 is 0 Å². The van der Waals surface area contributed by atoms with Crippen molar-refractivity contribution in [1.82, 2.24) is 15.1 Å². The third-order valence-electron chi connectivity index (χ3n) is 5.08. The number of nitrogens with one attached hydrogen (secondary N) is 1. The number of aromatic nitrogens is 2. The van der Waals surface area contributed by atoms with E-state index in [1.54, 1.807) is 0 Å². The van der Waals surface area contributed by atoms with Crippen molar-refractivity contribution in [3.8, 4) is 11.3 Å². The Kier molecular flexibility index (Phi) is 5.12. The van der Waals surface area contributed by atoms with Crippen molar-refractivity contribution in [1.29, 1.82) is 0 Å². The van der Waals surface area contributed by atoms with Crippen LogP contribution in [0.1, 0.15) is 53.8 Å². The van der Waals surface area contributed by atoms with Crippen molar-refractivity contribution in [2.24, 2.45) is 0 Å². The summed E-state index contributed by atoms with van der Waals surface area (Å²) in [5.41, 5.74) is 4.60. The molecule has 1 aliphatic rings. The number of H-pyrrole nitrogens is 1. The van der Waals surface area contributed by atoms with E-state index in [0.717, 1.165) is 52.7 Å². The zero-order valence-electron chi connectivity index (χ0n) is 15.3. The van der Waals surface area contributed by atoms with Crippen LogP contribution in [0.4, 0.5) is 0 Å². The smallest absolute Gasteiger partial charge is 0.273 e. The number of hydrogen-bond donors (Lipinski definition) is 1. The second-order valence-corrected chi connectivity index (χ2v) is 7.81. The molecule has 0 spiro atoms. The summed E-state index contributed by atoms with van der Waals surface area (Å²) in [6.45, 7) is 2.93. The van der Waals surface area contributed by atoms with Crippen LogP contribution in [0.15, 0.2) is 59.1 Å². The van der Waals surface area contributed by atoms with Gasteiger partial charge in [-0.3, -0.25) is 9.89 Å². The lowest BCUT2D eigenvalue weighted by Gasteiger charge is -2.26. The summed E-state index contributed by atoms with van der Waals surface area (Å²) in [4.78, 5) is 15.1. The van der Waals surface area contributed by atoms with Crippen molar-refractivity contribution in [2.75, 3.05) is 6.54 Å². The van der Waals surface area contributed by atoms with Crippen LogP contribution in [0, 0.1) is 0 Å². The molecule has 0 bridgehead atoms. The Morgan fingerprint density at radius 3 is 2.67 bits per heavy atom.